The van der Waals surface area contributed by atoms with Gasteiger partial charge in [-0.2, -0.15) is 11.3 Å². The van der Waals surface area contributed by atoms with Crippen LogP contribution in [0.1, 0.15) is 34.2 Å². The first kappa shape index (κ1) is 24.4. The van der Waals surface area contributed by atoms with E-state index in [-0.39, 0.29) is 12.7 Å². The molecule has 7 rings (SSSR count). The zero-order valence-electron chi connectivity index (χ0n) is 21.9. The van der Waals surface area contributed by atoms with Crippen LogP contribution in [0.5, 0.6) is 11.5 Å². The molecule has 2 aromatic heterocycles. The van der Waals surface area contributed by atoms with Gasteiger partial charge in [0.1, 0.15) is 5.82 Å². The van der Waals surface area contributed by atoms with Crippen LogP contribution in [-0.4, -0.2) is 48.9 Å². The lowest BCUT2D eigenvalue weighted by Crippen LogP contribution is -2.38. The summed E-state index contributed by atoms with van der Waals surface area (Å²) in [6.07, 6.45) is 3.83. The van der Waals surface area contributed by atoms with Crippen molar-refractivity contribution in [3.63, 3.8) is 0 Å². The molecule has 0 bridgehead atoms. The van der Waals surface area contributed by atoms with Gasteiger partial charge in [0.05, 0.1) is 25.2 Å². The highest BCUT2D eigenvalue weighted by Crippen LogP contribution is 2.34. The largest absolute Gasteiger partial charge is 0.454 e. The summed E-state index contributed by atoms with van der Waals surface area (Å²) < 4.78 is 16.8. The van der Waals surface area contributed by atoms with E-state index in [9.17, 15) is 4.79 Å². The molecule has 0 N–H and O–H groups in total. The number of hydrogen-bond donors (Lipinski definition) is 0. The fraction of sp³-hybridized carbons (Fsp3) is 0.355. The van der Waals surface area contributed by atoms with E-state index in [1.807, 2.05) is 39.9 Å². The minimum Gasteiger partial charge on any atom is -0.454 e. The predicted octanol–water partition coefficient (Wildman–Crippen LogP) is 5.12. The number of benzene rings is 2. The van der Waals surface area contributed by atoms with Crippen LogP contribution in [0.4, 0.5) is 5.82 Å². The summed E-state index contributed by atoms with van der Waals surface area (Å²) in [4.78, 5) is 23.3. The molecule has 4 heterocycles. The van der Waals surface area contributed by atoms with E-state index in [0.717, 1.165) is 70.8 Å². The van der Waals surface area contributed by atoms with Gasteiger partial charge in [0.2, 0.25) is 12.7 Å². The number of thiophene rings is 1. The van der Waals surface area contributed by atoms with Crippen LogP contribution in [-0.2, 0) is 41.9 Å². The molecule has 8 heteroatoms. The van der Waals surface area contributed by atoms with E-state index in [1.165, 1.54) is 17.5 Å². The number of aromatic nitrogens is 1. The fourth-order valence-electron chi connectivity index (χ4n) is 5.82. The Bertz CT molecular complexity index is 1510. The highest BCUT2D eigenvalue weighted by molar-refractivity contribution is 7.08. The van der Waals surface area contributed by atoms with Crippen LogP contribution in [0, 0.1) is 0 Å². The van der Waals surface area contributed by atoms with Gasteiger partial charge in [-0.15, -0.1) is 0 Å². The molecule has 200 valence electrons. The number of anilines is 1. The molecule has 1 aliphatic carbocycles. The Labute approximate surface area is 231 Å². The maximum absolute atomic E-state index is 13.8. The maximum Gasteiger partial charge on any atom is 0.231 e. The third kappa shape index (κ3) is 5.06. The number of aryl methyl sites for hydroxylation is 2. The lowest BCUT2D eigenvalue weighted by atomic mass is 10.0. The highest BCUT2D eigenvalue weighted by atomic mass is 32.1. The second-order valence-electron chi connectivity index (χ2n) is 10.5. The maximum atomic E-state index is 13.8. The van der Waals surface area contributed by atoms with E-state index in [0.29, 0.717) is 32.7 Å². The third-order valence-electron chi connectivity index (χ3n) is 7.85. The summed E-state index contributed by atoms with van der Waals surface area (Å²) in [6, 6.07) is 14.8. The van der Waals surface area contributed by atoms with Crippen molar-refractivity contribution in [3.8, 4) is 11.5 Å². The molecule has 39 heavy (non-hydrogen) atoms. The lowest BCUT2D eigenvalue weighted by molar-refractivity contribution is -0.131. The van der Waals surface area contributed by atoms with Crippen LogP contribution in [0.3, 0.4) is 0 Å². The van der Waals surface area contributed by atoms with Crippen molar-refractivity contribution in [2.45, 2.75) is 38.8 Å². The highest BCUT2D eigenvalue weighted by Gasteiger charge is 2.24. The molecule has 0 saturated carbocycles. The van der Waals surface area contributed by atoms with E-state index in [2.05, 4.69) is 23.1 Å². The first-order chi connectivity index (χ1) is 19.2. The first-order valence-electron chi connectivity index (χ1n) is 13.6. The predicted molar refractivity (Wildman–Crippen MR) is 152 cm³/mol. The standard InChI is InChI=1S/C31H31N3O4S/c35-30(13-22-6-11-39-19-22)34(17-21-4-5-28-29(12-21)38-20-37-28)18-26-15-25-14-23-2-1-3-24(23)16-27(25)32-31(26)33-7-9-36-10-8-33/h4-6,11-12,14-16,19H,1-3,7-10,13,17-18,20H2. The minimum absolute atomic E-state index is 0.0908. The lowest BCUT2D eigenvalue weighted by Gasteiger charge is -2.31. The number of amides is 1. The van der Waals surface area contributed by atoms with Gasteiger partial charge in [-0.3, -0.25) is 4.79 Å². The SMILES string of the molecule is O=C(Cc1ccsc1)N(Cc1ccc2c(c1)OCO2)Cc1cc2cc3c(cc2nc1N1CCOCC1)CCC3. The smallest absolute Gasteiger partial charge is 0.231 e. The number of nitrogens with zero attached hydrogens (tertiary/aromatic N) is 3. The van der Waals surface area contributed by atoms with Gasteiger partial charge >= 0.3 is 0 Å². The van der Waals surface area contributed by atoms with Crippen molar-refractivity contribution >= 4 is 34.0 Å². The average Bonchev–Trinajstić information content (AvgIpc) is 3.73. The Morgan fingerprint density at radius 3 is 2.64 bits per heavy atom. The van der Waals surface area contributed by atoms with Crippen molar-refractivity contribution < 1.29 is 19.0 Å². The number of pyridine rings is 1. The third-order valence-corrected chi connectivity index (χ3v) is 8.59. The topological polar surface area (TPSA) is 64.1 Å². The number of carbonyl (C=O) groups excluding carboxylic acids is 1. The molecular formula is C31H31N3O4S. The molecule has 4 aromatic rings. The van der Waals surface area contributed by atoms with Crippen molar-refractivity contribution in [1.82, 2.24) is 9.88 Å². The van der Waals surface area contributed by atoms with Crippen molar-refractivity contribution in [2.24, 2.45) is 0 Å². The number of carbonyl (C=O) groups is 1. The molecule has 0 radical (unpaired) electrons. The van der Waals surface area contributed by atoms with E-state index < -0.39 is 0 Å². The second kappa shape index (κ2) is 10.5. The molecule has 1 saturated heterocycles. The Morgan fingerprint density at radius 1 is 0.949 bits per heavy atom. The van der Waals surface area contributed by atoms with Crippen molar-refractivity contribution in [3.05, 3.63) is 81.0 Å². The van der Waals surface area contributed by atoms with Crippen LogP contribution < -0.4 is 14.4 Å². The van der Waals surface area contributed by atoms with Crippen LogP contribution in [0.15, 0.2) is 53.2 Å². The summed E-state index contributed by atoms with van der Waals surface area (Å²) in [5, 5.41) is 5.22. The molecule has 1 fully saturated rings. The van der Waals surface area contributed by atoms with Gasteiger partial charge in [0.15, 0.2) is 11.5 Å². The second-order valence-corrected chi connectivity index (χ2v) is 11.3. The molecule has 7 nitrogen and oxygen atoms in total. The molecule has 2 aromatic carbocycles. The Morgan fingerprint density at radius 2 is 1.79 bits per heavy atom. The Kier molecular flexibility index (Phi) is 6.58. The number of fused-ring (bicyclic) bond motifs is 3. The summed E-state index contributed by atoms with van der Waals surface area (Å²) in [5.74, 6) is 2.53. The van der Waals surface area contributed by atoms with Gasteiger partial charge in [-0.25, -0.2) is 4.98 Å². The van der Waals surface area contributed by atoms with E-state index in [4.69, 9.17) is 19.2 Å². The van der Waals surface area contributed by atoms with Gasteiger partial charge in [0.25, 0.3) is 0 Å². The van der Waals surface area contributed by atoms with E-state index in [1.54, 1.807) is 11.3 Å². The Hall–Kier alpha value is -3.62. The zero-order valence-corrected chi connectivity index (χ0v) is 22.7. The Balaban J connectivity index is 1.26. The molecule has 3 aliphatic rings. The van der Waals surface area contributed by atoms with Gasteiger partial charge < -0.3 is 24.0 Å². The van der Waals surface area contributed by atoms with Gasteiger partial charge in [0, 0.05) is 37.1 Å². The van der Waals surface area contributed by atoms with Crippen LogP contribution in [0.25, 0.3) is 10.9 Å². The molecule has 1 amide bonds. The van der Waals surface area contributed by atoms with Crippen molar-refractivity contribution in [2.75, 3.05) is 38.0 Å². The van der Waals surface area contributed by atoms with Gasteiger partial charge in [-0.05, 0) is 88.7 Å². The normalized spacial score (nSPS) is 16.1. The summed E-state index contributed by atoms with van der Waals surface area (Å²) in [6.45, 7) is 4.13. The zero-order chi connectivity index (χ0) is 26.2. The fourth-order valence-corrected chi connectivity index (χ4v) is 6.49. The first-order valence-corrected chi connectivity index (χ1v) is 14.6. The number of rotatable bonds is 7. The summed E-state index contributed by atoms with van der Waals surface area (Å²) >= 11 is 1.62. The molecular weight excluding hydrogens is 510 g/mol. The number of hydrogen-bond acceptors (Lipinski definition) is 7. The van der Waals surface area contributed by atoms with E-state index >= 15 is 0 Å². The quantitative estimate of drug-likeness (QED) is 0.324. The monoisotopic (exact) mass is 541 g/mol. The molecule has 0 atom stereocenters. The summed E-state index contributed by atoms with van der Waals surface area (Å²) in [7, 11) is 0. The average molecular weight is 542 g/mol. The molecule has 2 aliphatic heterocycles. The van der Waals surface area contributed by atoms with Crippen LogP contribution >= 0.6 is 11.3 Å². The number of ether oxygens (including phenoxy) is 3. The summed E-state index contributed by atoms with van der Waals surface area (Å²) in [5.41, 5.74) is 7.01. The van der Waals surface area contributed by atoms with Gasteiger partial charge in [-0.1, -0.05) is 6.07 Å². The molecule has 0 unspecified atom stereocenters. The van der Waals surface area contributed by atoms with Crippen LogP contribution in [0.2, 0.25) is 0 Å². The molecule has 0 spiro atoms. The minimum atomic E-state index is 0.0908. The number of morpholine rings is 1. The van der Waals surface area contributed by atoms with Crippen molar-refractivity contribution in [1.29, 1.82) is 0 Å².